The van der Waals surface area contributed by atoms with Crippen LogP contribution in [0.25, 0.3) is 0 Å². The fraction of sp³-hybridized carbons (Fsp3) is 0.700. The minimum atomic E-state index is -0.960. The molecule has 0 spiro atoms. The predicted octanol–water partition coefficient (Wildman–Crippen LogP) is -0.602. The summed E-state index contributed by atoms with van der Waals surface area (Å²) in [6.07, 6.45) is 0. The average Bonchev–Trinajstić information content (AvgIpc) is 2.25. The molecule has 16 heavy (non-hydrogen) atoms. The predicted molar refractivity (Wildman–Crippen MR) is 55.6 cm³/mol. The third kappa shape index (κ3) is 2.50. The van der Waals surface area contributed by atoms with Crippen molar-refractivity contribution < 1.29 is 19.5 Å². The number of aliphatic carboxylic acids is 1. The highest BCUT2D eigenvalue weighted by molar-refractivity contribution is 6.35. The van der Waals surface area contributed by atoms with Crippen molar-refractivity contribution in [2.24, 2.45) is 5.92 Å². The first-order valence-corrected chi connectivity index (χ1v) is 5.28. The SMILES string of the molecule is CCN1CCN(CC(C)C(=O)O)C(=O)C1=O. The van der Waals surface area contributed by atoms with Gasteiger partial charge in [-0.05, 0) is 6.92 Å². The standard InChI is InChI=1S/C10H16N2O4/c1-3-11-4-5-12(9(14)8(11)13)6-7(2)10(15)16/h7H,3-6H2,1-2H3,(H,15,16). The minimum Gasteiger partial charge on any atom is -0.481 e. The van der Waals surface area contributed by atoms with Crippen LogP contribution < -0.4 is 0 Å². The Morgan fingerprint density at radius 1 is 1.31 bits per heavy atom. The molecule has 1 N–H and O–H groups in total. The van der Waals surface area contributed by atoms with E-state index in [1.807, 2.05) is 0 Å². The van der Waals surface area contributed by atoms with E-state index in [0.29, 0.717) is 19.6 Å². The zero-order chi connectivity index (χ0) is 12.3. The van der Waals surface area contributed by atoms with Gasteiger partial charge in [0.15, 0.2) is 0 Å². The van der Waals surface area contributed by atoms with Crippen LogP contribution in [0.3, 0.4) is 0 Å². The Balaban J connectivity index is 2.62. The molecule has 2 amide bonds. The van der Waals surface area contributed by atoms with E-state index in [-0.39, 0.29) is 6.54 Å². The van der Waals surface area contributed by atoms with E-state index in [1.165, 1.54) is 16.7 Å². The molecule has 1 saturated heterocycles. The maximum Gasteiger partial charge on any atom is 0.312 e. The molecule has 1 aliphatic heterocycles. The third-order valence-corrected chi connectivity index (χ3v) is 2.69. The zero-order valence-electron chi connectivity index (χ0n) is 9.47. The number of piperazine rings is 1. The second kappa shape index (κ2) is 4.96. The summed E-state index contributed by atoms with van der Waals surface area (Å²) < 4.78 is 0. The third-order valence-electron chi connectivity index (χ3n) is 2.69. The zero-order valence-corrected chi connectivity index (χ0v) is 9.47. The minimum absolute atomic E-state index is 0.0947. The Kier molecular flexibility index (Phi) is 3.87. The highest BCUT2D eigenvalue weighted by atomic mass is 16.4. The van der Waals surface area contributed by atoms with E-state index in [2.05, 4.69) is 0 Å². The first-order chi connectivity index (χ1) is 7.47. The van der Waals surface area contributed by atoms with Gasteiger partial charge < -0.3 is 14.9 Å². The number of hydrogen-bond acceptors (Lipinski definition) is 3. The molecule has 0 saturated carbocycles. The number of rotatable bonds is 4. The summed E-state index contributed by atoms with van der Waals surface area (Å²) >= 11 is 0. The molecule has 0 aromatic heterocycles. The number of carboxylic acid groups (broad SMARTS) is 1. The van der Waals surface area contributed by atoms with Gasteiger partial charge in [0, 0.05) is 26.2 Å². The lowest BCUT2D eigenvalue weighted by Gasteiger charge is -2.33. The van der Waals surface area contributed by atoms with Crippen molar-refractivity contribution in [1.29, 1.82) is 0 Å². The van der Waals surface area contributed by atoms with Crippen LogP contribution >= 0.6 is 0 Å². The van der Waals surface area contributed by atoms with E-state index in [9.17, 15) is 14.4 Å². The smallest absolute Gasteiger partial charge is 0.312 e. The number of amides is 2. The average molecular weight is 228 g/mol. The molecule has 0 bridgehead atoms. The summed E-state index contributed by atoms with van der Waals surface area (Å²) in [7, 11) is 0. The van der Waals surface area contributed by atoms with E-state index < -0.39 is 23.7 Å². The van der Waals surface area contributed by atoms with E-state index in [4.69, 9.17) is 5.11 Å². The van der Waals surface area contributed by atoms with Crippen molar-refractivity contribution in [1.82, 2.24) is 9.80 Å². The van der Waals surface area contributed by atoms with Gasteiger partial charge >= 0.3 is 17.8 Å². The van der Waals surface area contributed by atoms with E-state index in [0.717, 1.165) is 0 Å². The van der Waals surface area contributed by atoms with Crippen molar-refractivity contribution in [3.8, 4) is 0 Å². The topological polar surface area (TPSA) is 77.9 Å². The summed E-state index contributed by atoms with van der Waals surface area (Å²) in [5.41, 5.74) is 0. The van der Waals surface area contributed by atoms with E-state index in [1.54, 1.807) is 6.92 Å². The largest absolute Gasteiger partial charge is 0.481 e. The van der Waals surface area contributed by atoms with Crippen LogP contribution in [0.4, 0.5) is 0 Å². The molecule has 90 valence electrons. The van der Waals surface area contributed by atoms with Gasteiger partial charge in [-0.3, -0.25) is 14.4 Å². The quantitative estimate of drug-likeness (QED) is 0.652. The van der Waals surface area contributed by atoms with Crippen molar-refractivity contribution in [3.63, 3.8) is 0 Å². The van der Waals surface area contributed by atoms with Gasteiger partial charge in [-0.2, -0.15) is 0 Å². The Morgan fingerprint density at radius 2 is 1.81 bits per heavy atom. The maximum atomic E-state index is 11.6. The van der Waals surface area contributed by atoms with Crippen molar-refractivity contribution in [2.75, 3.05) is 26.2 Å². The molecule has 1 rings (SSSR count). The summed E-state index contributed by atoms with van der Waals surface area (Å²) in [5, 5.41) is 8.73. The fourth-order valence-electron chi connectivity index (χ4n) is 1.60. The van der Waals surface area contributed by atoms with E-state index >= 15 is 0 Å². The molecule has 0 aliphatic carbocycles. The van der Waals surface area contributed by atoms with Gasteiger partial charge in [-0.15, -0.1) is 0 Å². The molecule has 0 radical (unpaired) electrons. The molecular weight excluding hydrogens is 212 g/mol. The summed E-state index contributed by atoms with van der Waals surface area (Å²) in [6, 6.07) is 0. The van der Waals surface area contributed by atoms with Gasteiger partial charge in [0.2, 0.25) is 0 Å². The second-order valence-electron chi connectivity index (χ2n) is 3.88. The Labute approximate surface area is 93.8 Å². The van der Waals surface area contributed by atoms with Crippen LogP contribution in [0.5, 0.6) is 0 Å². The normalized spacial score (nSPS) is 18.9. The number of hydrogen-bond donors (Lipinski definition) is 1. The number of carbonyl (C=O) groups is 3. The van der Waals surface area contributed by atoms with Crippen molar-refractivity contribution in [2.45, 2.75) is 13.8 Å². The van der Waals surface area contributed by atoms with Gasteiger partial charge in [0.1, 0.15) is 0 Å². The molecule has 6 nitrogen and oxygen atoms in total. The molecule has 1 atom stereocenters. The molecular formula is C10H16N2O4. The van der Waals surface area contributed by atoms with Crippen LogP contribution in [0, 0.1) is 5.92 Å². The Bertz CT molecular complexity index is 316. The number of carbonyl (C=O) groups excluding carboxylic acids is 2. The second-order valence-corrected chi connectivity index (χ2v) is 3.88. The van der Waals surface area contributed by atoms with Crippen LogP contribution in [0.1, 0.15) is 13.8 Å². The van der Waals surface area contributed by atoms with Crippen molar-refractivity contribution >= 4 is 17.8 Å². The maximum absolute atomic E-state index is 11.6. The van der Waals surface area contributed by atoms with Crippen LogP contribution in [-0.2, 0) is 14.4 Å². The van der Waals surface area contributed by atoms with Gasteiger partial charge in [-0.25, -0.2) is 0 Å². The molecule has 0 aromatic rings. The van der Waals surface area contributed by atoms with Gasteiger partial charge in [-0.1, -0.05) is 6.92 Å². The molecule has 0 aromatic carbocycles. The van der Waals surface area contributed by atoms with Gasteiger partial charge in [0.05, 0.1) is 5.92 Å². The molecule has 1 fully saturated rings. The summed E-state index contributed by atoms with van der Waals surface area (Å²) in [4.78, 5) is 36.5. The lowest BCUT2D eigenvalue weighted by molar-refractivity contribution is -0.157. The summed E-state index contributed by atoms with van der Waals surface area (Å²) in [5.74, 6) is -2.74. The monoisotopic (exact) mass is 228 g/mol. The van der Waals surface area contributed by atoms with Crippen LogP contribution in [-0.4, -0.2) is 58.9 Å². The lowest BCUT2D eigenvalue weighted by atomic mass is 10.1. The highest BCUT2D eigenvalue weighted by Gasteiger charge is 2.32. The molecule has 1 unspecified atom stereocenters. The van der Waals surface area contributed by atoms with Crippen LogP contribution in [0.2, 0.25) is 0 Å². The van der Waals surface area contributed by atoms with Gasteiger partial charge in [0.25, 0.3) is 0 Å². The van der Waals surface area contributed by atoms with Crippen molar-refractivity contribution in [3.05, 3.63) is 0 Å². The molecule has 1 heterocycles. The fourth-order valence-corrected chi connectivity index (χ4v) is 1.60. The molecule has 1 aliphatic rings. The summed E-state index contributed by atoms with van der Waals surface area (Å²) in [6.45, 7) is 4.82. The Hall–Kier alpha value is -1.59. The first kappa shape index (κ1) is 12.5. The lowest BCUT2D eigenvalue weighted by Crippen LogP contribution is -2.55. The number of likely N-dealkylation sites (N-methyl/N-ethyl adjacent to an activating group) is 1. The first-order valence-electron chi connectivity index (χ1n) is 5.28. The van der Waals surface area contributed by atoms with Crippen LogP contribution in [0.15, 0.2) is 0 Å². The number of carboxylic acids is 1. The highest BCUT2D eigenvalue weighted by Crippen LogP contribution is 2.08. The number of nitrogens with zero attached hydrogens (tertiary/aromatic N) is 2. The Morgan fingerprint density at radius 3 is 2.31 bits per heavy atom. The molecule has 6 heteroatoms.